The lowest BCUT2D eigenvalue weighted by atomic mass is 10.2. The lowest BCUT2D eigenvalue weighted by Gasteiger charge is -1.97. The highest BCUT2D eigenvalue weighted by Gasteiger charge is 1.93. The van der Waals surface area contributed by atoms with Gasteiger partial charge in [0.1, 0.15) is 11.5 Å². The molecule has 18 heavy (non-hydrogen) atoms. The molecule has 6 N–H and O–H groups in total. The summed E-state index contributed by atoms with van der Waals surface area (Å²) in [6.45, 7) is 3.64. The van der Waals surface area contributed by atoms with Crippen LogP contribution in [0.3, 0.4) is 0 Å². The first-order valence-electron chi connectivity index (χ1n) is 5.50. The standard InChI is InChI=1S/2C7H9NO/c1-5-4-6(8)2-3-7(5)9;1-5-2-3-6(8)4-7(5)9/h2*2-4,9H,8H2,1H3. The third-order valence-electron chi connectivity index (χ3n) is 2.45. The van der Waals surface area contributed by atoms with Gasteiger partial charge < -0.3 is 21.7 Å². The number of hydrogen-bond donors (Lipinski definition) is 4. The summed E-state index contributed by atoms with van der Waals surface area (Å²) in [6, 6.07) is 10.1. The van der Waals surface area contributed by atoms with E-state index < -0.39 is 0 Å². The molecule has 96 valence electrons. The number of rotatable bonds is 0. The summed E-state index contributed by atoms with van der Waals surface area (Å²) < 4.78 is 0. The Hall–Kier alpha value is -2.36. The third-order valence-corrected chi connectivity index (χ3v) is 2.45. The maximum atomic E-state index is 9.02. The zero-order valence-electron chi connectivity index (χ0n) is 10.5. The van der Waals surface area contributed by atoms with Crippen molar-refractivity contribution in [2.75, 3.05) is 11.5 Å². The Balaban J connectivity index is 0.000000180. The van der Waals surface area contributed by atoms with E-state index in [0.29, 0.717) is 17.1 Å². The number of phenols is 2. The van der Waals surface area contributed by atoms with Crippen molar-refractivity contribution < 1.29 is 10.2 Å². The molecule has 0 aromatic heterocycles. The van der Waals surface area contributed by atoms with Crippen LogP contribution in [0.5, 0.6) is 11.5 Å². The minimum absolute atomic E-state index is 0.259. The van der Waals surface area contributed by atoms with Gasteiger partial charge in [-0.15, -0.1) is 0 Å². The van der Waals surface area contributed by atoms with Gasteiger partial charge in [-0.05, 0) is 49.2 Å². The monoisotopic (exact) mass is 246 g/mol. The fourth-order valence-electron chi connectivity index (χ4n) is 1.31. The van der Waals surface area contributed by atoms with E-state index in [2.05, 4.69) is 0 Å². The summed E-state index contributed by atoms with van der Waals surface area (Å²) in [5.74, 6) is 0.555. The van der Waals surface area contributed by atoms with E-state index in [0.717, 1.165) is 11.1 Å². The number of aromatic hydroxyl groups is 2. The Bertz CT molecular complexity index is 490. The average molecular weight is 246 g/mol. The van der Waals surface area contributed by atoms with Gasteiger partial charge in [-0.3, -0.25) is 0 Å². The molecule has 2 rings (SSSR count). The second-order valence-electron chi connectivity index (χ2n) is 4.09. The second kappa shape index (κ2) is 5.82. The van der Waals surface area contributed by atoms with E-state index in [1.54, 1.807) is 30.3 Å². The largest absolute Gasteiger partial charge is 0.508 e. The van der Waals surface area contributed by atoms with Crippen LogP contribution >= 0.6 is 0 Å². The third kappa shape index (κ3) is 3.90. The summed E-state index contributed by atoms with van der Waals surface area (Å²) in [6.07, 6.45) is 0. The molecule has 0 fully saturated rings. The molecule has 4 heteroatoms. The first-order valence-corrected chi connectivity index (χ1v) is 5.50. The van der Waals surface area contributed by atoms with Gasteiger partial charge in [0.2, 0.25) is 0 Å². The molecule has 2 aromatic rings. The number of nitrogen functional groups attached to an aromatic ring is 2. The summed E-state index contributed by atoms with van der Waals surface area (Å²) in [4.78, 5) is 0. The molecule has 0 bridgehead atoms. The van der Waals surface area contributed by atoms with Crippen molar-refractivity contribution in [2.45, 2.75) is 13.8 Å². The lowest BCUT2D eigenvalue weighted by Crippen LogP contribution is -1.84. The van der Waals surface area contributed by atoms with Crippen molar-refractivity contribution in [1.82, 2.24) is 0 Å². The molecule has 2 aromatic carbocycles. The molecule has 0 radical (unpaired) electrons. The number of benzene rings is 2. The summed E-state index contributed by atoms with van der Waals surface area (Å²) in [7, 11) is 0. The molecular formula is C14H18N2O2. The molecule has 0 atom stereocenters. The van der Waals surface area contributed by atoms with Gasteiger partial charge in [0.25, 0.3) is 0 Å². The van der Waals surface area contributed by atoms with Crippen LogP contribution in [0.25, 0.3) is 0 Å². The van der Waals surface area contributed by atoms with Crippen LogP contribution in [0.1, 0.15) is 11.1 Å². The summed E-state index contributed by atoms with van der Waals surface area (Å²) in [5, 5.41) is 18.0. The van der Waals surface area contributed by atoms with E-state index >= 15 is 0 Å². The van der Waals surface area contributed by atoms with Gasteiger partial charge in [-0.25, -0.2) is 0 Å². The minimum atomic E-state index is 0.259. The van der Waals surface area contributed by atoms with Crippen LogP contribution in [0.2, 0.25) is 0 Å². The van der Waals surface area contributed by atoms with Gasteiger partial charge in [-0.1, -0.05) is 6.07 Å². The van der Waals surface area contributed by atoms with Gasteiger partial charge in [0.05, 0.1) is 0 Å². The van der Waals surface area contributed by atoms with Gasteiger partial charge in [0.15, 0.2) is 0 Å². The fourth-order valence-corrected chi connectivity index (χ4v) is 1.31. The Morgan fingerprint density at radius 2 is 1.28 bits per heavy atom. The summed E-state index contributed by atoms with van der Waals surface area (Å²) >= 11 is 0. The predicted molar refractivity (Wildman–Crippen MR) is 74.5 cm³/mol. The normalized spacial score (nSPS) is 9.44. The van der Waals surface area contributed by atoms with E-state index in [-0.39, 0.29) is 5.75 Å². The van der Waals surface area contributed by atoms with Crippen LogP contribution in [0.4, 0.5) is 11.4 Å². The highest BCUT2D eigenvalue weighted by atomic mass is 16.3. The Morgan fingerprint density at radius 1 is 0.722 bits per heavy atom. The topological polar surface area (TPSA) is 92.5 Å². The van der Waals surface area contributed by atoms with Crippen molar-refractivity contribution in [3.05, 3.63) is 47.5 Å². The van der Waals surface area contributed by atoms with Crippen LogP contribution in [-0.4, -0.2) is 10.2 Å². The van der Waals surface area contributed by atoms with Gasteiger partial charge in [-0.2, -0.15) is 0 Å². The van der Waals surface area contributed by atoms with Crippen LogP contribution in [-0.2, 0) is 0 Å². The zero-order valence-corrected chi connectivity index (χ0v) is 10.5. The first-order chi connectivity index (χ1) is 8.40. The predicted octanol–water partition coefficient (Wildman–Crippen LogP) is 2.57. The molecule has 0 aliphatic heterocycles. The van der Waals surface area contributed by atoms with Crippen molar-refractivity contribution in [2.24, 2.45) is 0 Å². The van der Waals surface area contributed by atoms with Crippen molar-refractivity contribution in [1.29, 1.82) is 0 Å². The lowest BCUT2D eigenvalue weighted by molar-refractivity contribution is 0.471. The first kappa shape index (κ1) is 13.7. The Morgan fingerprint density at radius 3 is 1.72 bits per heavy atom. The maximum absolute atomic E-state index is 9.02. The molecule has 0 saturated heterocycles. The van der Waals surface area contributed by atoms with Crippen LogP contribution in [0.15, 0.2) is 36.4 Å². The van der Waals surface area contributed by atoms with Crippen LogP contribution in [0, 0.1) is 13.8 Å². The van der Waals surface area contributed by atoms with Crippen molar-refractivity contribution in [3.8, 4) is 11.5 Å². The van der Waals surface area contributed by atoms with E-state index in [1.807, 2.05) is 13.8 Å². The zero-order chi connectivity index (χ0) is 13.7. The number of nitrogens with two attached hydrogens (primary N) is 2. The number of phenolic OH excluding ortho intramolecular Hbond substituents is 2. The van der Waals surface area contributed by atoms with E-state index in [9.17, 15) is 0 Å². The van der Waals surface area contributed by atoms with Gasteiger partial charge >= 0.3 is 0 Å². The van der Waals surface area contributed by atoms with Crippen molar-refractivity contribution >= 4 is 11.4 Å². The Kier molecular flexibility index (Phi) is 4.43. The molecule has 0 unspecified atom stereocenters. The smallest absolute Gasteiger partial charge is 0.120 e. The number of hydrogen-bond acceptors (Lipinski definition) is 4. The molecule has 0 saturated carbocycles. The second-order valence-corrected chi connectivity index (χ2v) is 4.09. The molecule has 0 aliphatic carbocycles. The fraction of sp³-hybridized carbons (Fsp3) is 0.143. The number of anilines is 2. The van der Waals surface area contributed by atoms with Crippen LogP contribution < -0.4 is 11.5 Å². The van der Waals surface area contributed by atoms with E-state index in [1.165, 1.54) is 6.07 Å². The molecule has 0 heterocycles. The van der Waals surface area contributed by atoms with Crippen molar-refractivity contribution in [3.63, 3.8) is 0 Å². The molecule has 0 spiro atoms. The molecule has 0 amide bonds. The minimum Gasteiger partial charge on any atom is -0.508 e. The SMILES string of the molecule is Cc1cc(N)ccc1O.Cc1ccc(N)cc1O. The Labute approximate surface area is 106 Å². The highest BCUT2D eigenvalue weighted by Crippen LogP contribution is 2.18. The average Bonchev–Trinajstić information content (AvgIpc) is 2.30. The highest BCUT2D eigenvalue weighted by molar-refractivity contribution is 5.47. The number of aryl methyl sites for hydroxylation is 2. The van der Waals surface area contributed by atoms with Gasteiger partial charge in [0, 0.05) is 17.4 Å². The molecular weight excluding hydrogens is 228 g/mol. The maximum Gasteiger partial charge on any atom is 0.120 e. The molecule has 4 nitrogen and oxygen atoms in total. The summed E-state index contributed by atoms with van der Waals surface area (Å²) in [5.41, 5.74) is 13.7. The quantitative estimate of drug-likeness (QED) is 0.424. The van der Waals surface area contributed by atoms with E-state index in [4.69, 9.17) is 21.7 Å². The molecule has 0 aliphatic rings.